The van der Waals surface area contributed by atoms with Gasteiger partial charge in [-0.05, 0) is 0 Å². The monoisotopic (exact) mass is 197 g/mol. The van der Waals surface area contributed by atoms with Crippen molar-refractivity contribution in [2.45, 2.75) is 6.10 Å². The molecule has 74 valence electrons. The molecule has 0 radical (unpaired) electrons. The van der Waals surface area contributed by atoms with E-state index in [2.05, 4.69) is 20.8 Å². The Morgan fingerprint density at radius 2 is 2.50 bits per heavy atom. The molecule has 0 amide bonds. The maximum absolute atomic E-state index is 10.9. The Morgan fingerprint density at radius 1 is 1.79 bits per heavy atom. The average Bonchev–Trinajstić information content (AvgIpc) is 2.59. The van der Waals surface area contributed by atoms with Crippen molar-refractivity contribution in [1.82, 2.24) is 0 Å². The summed E-state index contributed by atoms with van der Waals surface area (Å²) < 4.78 is 13.6. The summed E-state index contributed by atoms with van der Waals surface area (Å²) in [4.78, 5) is 21.3. The van der Waals surface area contributed by atoms with Crippen molar-refractivity contribution < 1.29 is 23.8 Å². The lowest BCUT2D eigenvalue weighted by atomic mass is 10.3. The van der Waals surface area contributed by atoms with Gasteiger partial charge in [-0.1, -0.05) is 6.58 Å². The number of ether oxygens (including phenoxy) is 3. The predicted molar refractivity (Wildman–Crippen MR) is 41.9 cm³/mol. The number of rotatable bonds is 3. The smallest absolute Gasteiger partial charge is 0.457 e. The second kappa shape index (κ2) is 4.28. The van der Waals surface area contributed by atoms with Crippen LogP contribution in [-0.2, 0) is 19.0 Å². The van der Waals surface area contributed by atoms with Crippen molar-refractivity contribution in [1.29, 1.82) is 5.26 Å². The molecule has 0 bridgehead atoms. The van der Waals surface area contributed by atoms with E-state index in [4.69, 9.17) is 5.26 Å². The van der Waals surface area contributed by atoms with Crippen LogP contribution in [0.3, 0.4) is 0 Å². The highest BCUT2D eigenvalue weighted by molar-refractivity contribution is 5.91. The molecule has 0 aliphatic carbocycles. The van der Waals surface area contributed by atoms with Crippen LogP contribution in [0, 0.1) is 11.3 Å². The fourth-order valence-corrected chi connectivity index (χ4v) is 0.749. The van der Waals surface area contributed by atoms with Gasteiger partial charge in [-0.2, -0.15) is 5.26 Å². The molecule has 0 saturated carbocycles. The molecule has 1 aliphatic rings. The van der Waals surface area contributed by atoms with E-state index in [0.717, 1.165) is 0 Å². The maximum atomic E-state index is 10.9. The topological polar surface area (TPSA) is 85.6 Å². The number of carbonyl (C=O) groups excluding carboxylic acids is 2. The summed E-state index contributed by atoms with van der Waals surface area (Å²) in [5.41, 5.74) is -0.296. The number of esters is 1. The molecule has 1 atom stereocenters. The summed E-state index contributed by atoms with van der Waals surface area (Å²) in [6.07, 6.45) is -1.39. The van der Waals surface area contributed by atoms with Crippen LogP contribution >= 0.6 is 0 Å². The molecule has 1 saturated heterocycles. The van der Waals surface area contributed by atoms with Crippen LogP contribution in [0.5, 0.6) is 0 Å². The van der Waals surface area contributed by atoms with Crippen molar-refractivity contribution in [3.05, 3.63) is 12.2 Å². The first kappa shape index (κ1) is 10.1. The molecule has 1 heterocycles. The van der Waals surface area contributed by atoms with Gasteiger partial charge in [0.1, 0.15) is 24.9 Å². The third-order valence-corrected chi connectivity index (χ3v) is 1.43. The molecule has 1 aliphatic heterocycles. The first-order valence-electron chi connectivity index (χ1n) is 3.73. The van der Waals surface area contributed by atoms with E-state index in [1.807, 2.05) is 0 Å². The van der Waals surface area contributed by atoms with Gasteiger partial charge in [-0.25, -0.2) is 9.59 Å². The third kappa shape index (κ3) is 2.48. The molecule has 1 fully saturated rings. The second-order valence-corrected chi connectivity index (χ2v) is 2.49. The molecule has 6 heteroatoms. The molecular formula is C8H7NO5. The summed E-state index contributed by atoms with van der Waals surface area (Å²) in [5, 5.41) is 8.28. The summed E-state index contributed by atoms with van der Waals surface area (Å²) >= 11 is 0. The Bertz CT molecular complexity index is 316. The van der Waals surface area contributed by atoms with Gasteiger partial charge < -0.3 is 14.2 Å². The van der Waals surface area contributed by atoms with Crippen LogP contribution in [0.2, 0.25) is 0 Å². The lowest BCUT2D eigenvalue weighted by Crippen LogP contribution is -2.21. The first-order chi connectivity index (χ1) is 6.63. The highest BCUT2D eigenvalue weighted by Gasteiger charge is 2.26. The van der Waals surface area contributed by atoms with Gasteiger partial charge in [0.2, 0.25) is 0 Å². The Balaban J connectivity index is 2.28. The number of hydrogen-bond donors (Lipinski definition) is 0. The molecule has 0 aromatic rings. The van der Waals surface area contributed by atoms with Crippen LogP contribution in [0.1, 0.15) is 0 Å². The molecule has 14 heavy (non-hydrogen) atoms. The lowest BCUT2D eigenvalue weighted by Gasteiger charge is -2.06. The molecular weight excluding hydrogens is 190 g/mol. The molecule has 6 nitrogen and oxygen atoms in total. The summed E-state index contributed by atoms with van der Waals surface area (Å²) in [6.45, 7) is 3.07. The minimum atomic E-state index is -0.824. The van der Waals surface area contributed by atoms with Crippen molar-refractivity contribution >= 4 is 12.1 Å². The van der Waals surface area contributed by atoms with E-state index in [9.17, 15) is 9.59 Å². The average molecular weight is 197 g/mol. The predicted octanol–water partition coefficient (Wildman–Crippen LogP) is 0.145. The zero-order valence-corrected chi connectivity index (χ0v) is 7.19. The van der Waals surface area contributed by atoms with E-state index >= 15 is 0 Å². The zero-order chi connectivity index (χ0) is 10.6. The number of nitrogens with zero attached hydrogens (tertiary/aromatic N) is 1. The van der Waals surface area contributed by atoms with Gasteiger partial charge in [-0.3, -0.25) is 0 Å². The van der Waals surface area contributed by atoms with E-state index < -0.39 is 18.2 Å². The maximum Gasteiger partial charge on any atom is 0.508 e. The highest BCUT2D eigenvalue weighted by Crippen LogP contribution is 2.06. The second-order valence-electron chi connectivity index (χ2n) is 2.49. The van der Waals surface area contributed by atoms with Gasteiger partial charge in [-0.15, -0.1) is 0 Å². The largest absolute Gasteiger partial charge is 0.508 e. The van der Waals surface area contributed by atoms with Crippen molar-refractivity contribution in [3.63, 3.8) is 0 Å². The fourth-order valence-electron chi connectivity index (χ4n) is 0.749. The van der Waals surface area contributed by atoms with Gasteiger partial charge in [0.25, 0.3) is 0 Å². The van der Waals surface area contributed by atoms with Crippen LogP contribution in [0.25, 0.3) is 0 Å². The molecule has 0 aromatic carbocycles. The standard InChI is InChI=1S/C8H7NO5/c1-5(2-9)7(10)12-3-6-4-13-8(11)14-6/h6H,1,3-4H2. The summed E-state index contributed by atoms with van der Waals surface area (Å²) in [6, 6.07) is 1.54. The lowest BCUT2D eigenvalue weighted by molar-refractivity contribution is -0.140. The SMILES string of the molecule is C=C(C#N)C(=O)OCC1COC(=O)O1. The quantitative estimate of drug-likeness (QED) is 0.363. The van der Waals surface area contributed by atoms with E-state index in [1.54, 1.807) is 6.07 Å². The zero-order valence-electron chi connectivity index (χ0n) is 7.19. The van der Waals surface area contributed by atoms with Crippen molar-refractivity contribution in [2.24, 2.45) is 0 Å². The van der Waals surface area contributed by atoms with Crippen molar-refractivity contribution in [3.8, 4) is 6.07 Å². The van der Waals surface area contributed by atoms with Gasteiger partial charge in [0.05, 0.1) is 0 Å². The minimum absolute atomic E-state index is 0.0468. The van der Waals surface area contributed by atoms with Crippen LogP contribution < -0.4 is 0 Å². The third-order valence-electron chi connectivity index (χ3n) is 1.43. The van der Waals surface area contributed by atoms with E-state index in [0.29, 0.717) is 0 Å². The summed E-state index contributed by atoms with van der Waals surface area (Å²) in [7, 11) is 0. The van der Waals surface area contributed by atoms with Crippen LogP contribution in [0.4, 0.5) is 4.79 Å². The molecule has 0 N–H and O–H groups in total. The molecule has 0 aromatic heterocycles. The summed E-state index contributed by atoms with van der Waals surface area (Å²) in [5.74, 6) is -0.824. The normalized spacial score (nSPS) is 19.1. The Morgan fingerprint density at radius 3 is 3.00 bits per heavy atom. The molecule has 1 unspecified atom stereocenters. The Hall–Kier alpha value is -2.03. The Kier molecular flexibility index (Phi) is 3.07. The van der Waals surface area contributed by atoms with Gasteiger partial charge in [0.15, 0.2) is 6.10 Å². The van der Waals surface area contributed by atoms with E-state index in [-0.39, 0.29) is 18.8 Å². The van der Waals surface area contributed by atoms with Gasteiger partial charge >= 0.3 is 12.1 Å². The number of cyclic esters (lactones) is 2. The number of carbonyl (C=O) groups is 2. The van der Waals surface area contributed by atoms with E-state index in [1.165, 1.54) is 0 Å². The first-order valence-corrected chi connectivity index (χ1v) is 3.73. The minimum Gasteiger partial charge on any atom is -0.457 e. The number of hydrogen-bond acceptors (Lipinski definition) is 6. The van der Waals surface area contributed by atoms with Crippen LogP contribution in [0.15, 0.2) is 12.2 Å². The fraction of sp³-hybridized carbons (Fsp3) is 0.375. The number of nitriles is 1. The molecule has 1 rings (SSSR count). The van der Waals surface area contributed by atoms with Gasteiger partial charge in [0, 0.05) is 0 Å². The Labute approximate surface area is 79.7 Å². The molecule has 0 spiro atoms. The van der Waals surface area contributed by atoms with Crippen LogP contribution in [-0.4, -0.2) is 31.4 Å². The van der Waals surface area contributed by atoms with Crippen molar-refractivity contribution in [2.75, 3.05) is 13.2 Å². The highest BCUT2D eigenvalue weighted by atomic mass is 16.8.